The van der Waals surface area contributed by atoms with Crippen molar-refractivity contribution in [3.05, 3.63) is 40.2 Å². The number of fused-ring (bicyclic) bond motifs is 1. The fourth-order valence-corrected chi connectivity index (χ4v) is 1.98. The molecule has 0 aliphatic rings. The van der Waals surface area contributed by atoms with Crippen molar-refractivity contribution in [1.82, 2.24) is 0 Å². The number of carbonyl (C=O) groups is 2. The number of rotatable bonds is 4. The minimum atomic E-state index is -0.736. The molecule has 1 amide bonds. The molecule has 0 radical (unpaired) electrons. The van der Waals surface area contributed by atoms with E-state index in [9.17, 15) is 14.4 Å². The number of hydrogen-bond donors (Lipinski definition) is 1. The number of primary amides is 1. The molecule has 1 aromatic carbocycles. The summed E-state index contributed by atoms with van der Waals surface area (Å²) >= 11 is 0. The number of aldehydes is 1. The number of benzene rings is 1. The number of para-hydroxylation sites is 1. The van der Waals surface area contributed by atoms with Gasteiger partial charge in [-0.25, -0.2) is 4.79 Å². The van der Waals surface area contributed by atoms with Crippen LogP contribution in [0.15, 0.2) is 33.5 Å². The number of nitrogens with zero attached hydrogens (tertiary/aromatic N) is 1. The van der Waals surface area contributed by atoms with Gasteiger partial charge in [0, 0.05) is 12.4 Å². The fraction of sp³-hybridized carbons (Fsp3) is 0.154. The van der Waals surface area contributed by atoms with Gasteiger partial charge in [0.25, 0.3) is 0 Å². The molecule has 0 saturated carbocycles. The molecule has 2 rings (SSSR count). The summed E-state index contributed by atoms with van der Waals surface area (Å²) in [5.41, 5.74) is 4.97. The highest BCUT2D eigenvalue weighted by Gasteiger charge is 2.18. The Kier molecular flexibility index (Phi) is 3.33. The molecule has 0 spiro atoms. The van der Waals surface area contributed by atoms with Crippen molar-refractivity contribution in [2.24, 2.45) is 5.73 Å². The van der Waals surface area contributed by atoms with Gasteiger partial charge in [0.15, 0.2) is 6.29 Å². The third kappa shape index (κ3) is 2.33. The lowest BCUT2D eigenvalue weighted by Gasteiger charge is -2.20. The highest BCUT2D eigenvalue weighted by molar-refractivity contribution is 6.00. The quantitative estimate of drug-likeness (QED) is 0.639. The number of hydrogen-bond acceptors (Lipinski definition) is 5. The lowest BCUT2D eigenvalue weighted by Crippen LogP contribution is -2.32. The highest BCUT2D eigenvalue weighted by Crippen LogP contribution is 2.26. The second kappa shape index (κ2) is 4.93. The van der Waals surface area contributed by atoms with Crippen LogP contribution < -0.4 is 16.3 Å². The van der Waals surface area contributed by atoms with Crippen molar-refractivity contribution in [2.45, 2.75) is 0 Å². The van der Waals surface area contributed by atoms with Gasteiger partial charge in [0.05, 0.1) is 12.2 Å². The van der Waals surface area contributed by atoms with Gasteiger partial charge in [-0.2, -0.15) is 0 Å². The third-order valence-electron chi connectivity index (χ3n) is 2.71. The van der Waals surface area contributed by atoms with Gasteiger partial charge in [0.1, 0.15) is 11.1 Å². The Morgan fingerprint density at radius 2 is 2.11 bits per heavy atom. The van der Waals surface area contributed by atoms with E-state index in [1.165, 1.54) is 4.90 Å². The summed E-state index contributed by atoms with van der Waals surface area (Å²) in [4.78, 5) is 35.3. The first kappa shape index (κ1) is 12.8. The van der Waals surface area contributed by atoms with E-state index in [1.54, 1.807) is 31.3 Å². The maximum Gasteiger partial charge on any atom is 0.349 e. The van der Waals surface area contributed by atoms with Gasteiger partial charge in [-0.1, -0.05) is 12.1 Å². The van der Waals surface area contributed by atoms with Gasteiger partial charge in [-0.15, -0.1) is 0 Å². The second-order valence-electron chi connectivity index (χ2n) is 4.09. The zero-order valence-electron chi connectivity index (χ0n) is 10.3. The monoisotopic (exact) mass is 260 g/mol. The lowest BCUT2D eigenvalue weighted by molar-refractivity contribution is -0.116. The van der Waals surface area contributed by atoms with Crippen LogP contribution in [-0.4, -0.2) is 25.8 Å². The van der Waals surface area contributed by atoms with Crippen LogP contribution >= 0.6 is 0 Å². The van der Waals surface area contributed by atoms with E-state index in [2.05, 4.69) is 0 Å². The molecule has 6 nitrogen and oxygen atoms in total. The zero-order valence-corrected chi connectivity index (χ0v) is 10.3. The first-order valence-electron chi connectivity index (χ1n) is 5.55. The summed E-state index contributed by atoms with van der Waals surface area (Å²) in [7, 11) is 1.58. The van der Waals surface area contributed by atoms with Crippen LogP contribution in [0.2, 0.25) is 0 Å². The molecule has 6 heteroatoms. The maximum atomic E-state index is 11.7. The molecular weight excluding hydrogens is 248 g/mol. The van der Waals surface area contributed by atoms with Crippen LogP contribution in [0.3, 0.4) is 0 Å². The molecule has 1 aromatic heterocycles. The third-order valence-corrected chi connectivity index (χ3v) is 2.71. The fourth-order valence-electron chi connectivity index (χ4n) is 1.98. The van der Waals surface area contributed by atoms with E-state index in [0.717, 1.165) is 0 Å². The number of likely N-dealkylation sites (N-methyl/N-ethyl adjacent to an activating group) is 1. The topological polar surface area (TPSA) is 93.6 Å². The van der Waals surface area contributed by atoms with Crippen molar-refractivity contribution in [3.63, 3.8) is 0 Å². The van der Waals surface area contributed by atoms with Crippen molar-refractivity contribution in [3.8, 4) is 0 Å². The van der Waals surface area contributed by atoms with E-state index in [0.29, 0.717) is 22.9 Å². The smallest absolute Gasteiger partial charge is 0.349 e. The predicted octanol–water partition coefficient (Wildman–Crippen LogP) is 0.527. The molecule has 19 heavy (non-hydrogen) atoms. The number of nitrogens with two attached hydrogens (primary N) is 1. The van der Waals surface area contributed by atoms with Crippen molar-refractivity contribution >= 4 is 28.8 Å². The van der Waals surface area contributed by atoms with Crippen LogP contribution in [0.4, 0.5) is 5.69 Å². The van der Waals surface area contributed by atoms with Crippen molar-refractivity contribution in [2.75, 3.05) is 18.5 Å². The molecule has 0 unspecified atom stereocenters. The lowest BCUT2D eigenvalue weighted by atomic mass is 10.1. The van der Waals surface area contributed by atoms with Gasteiger partial charge >= 0.3 is 5.63 Å². The highest BCUT2D eigenvalue weighted by atomic mass is 16.4. The zero-order chi connectivity index (χ0) is 14.0. The van der Waals surface area contributed by atoms with Crippen LogP contribution in [0.1, 0.15) is 10.4 Å². The summed E-state index contributed by atoms with van der Waals surface area (Å²) in [5.74, 6) is -0.559. The Labute approximate surface area is 108 Å². The van der Waals surface area contributed by atoms with E-state index >= 15 is 0 Å². The summed E-state index contributed by atoms with van der Waals surface area (Å²) in [5, 5.41) is 0.577. The van der Waals surface area contributed by atoms with E-state index in [1.807, 2.05) is 0 Å². The Balaban J connectivity index is 2.77. The molecule has 2 aromatic rings. The second-order valence-corrected chi connectivity index (χ2v) is 4.09. The number of carbonyl (C=O) groups excluding carboxylic acids is 2. The molecular formula is C13H12N2O4. The Morgan fingerprint density at radius 3 is 2.74 bits per heavy atom. The SMILES string of the molecule is CN(CC(N)=O)c1c(C=O)c(=O)oc2ccccc12. The average molecular weight is 260 g/mol. The van der Waals surface area contributed by atoms with Crippen LogP contribution in [0.5, 0.6) is 0 Å². The van der Waals surface area contributed by atoms with E-state index in [-0.39, 0.29) is 12.1 Å². The molecule has 0 aliphatic heterocycles. The number of anilines is 1. The Hall–Kier alpha value is -2.63. The summed E-state index contributed by atoms with van der Waals surface area (Å²) < 4.78 is 5.05. The molecule has 0 atom stereocenters. The molecule has 98 valence electrons. The summed E-state index contributed by atoms with van der Waals surface area (Å²) in [6.07, 6.45) is 0.422. The Bertz CT molecular complexity index is 705. The summed E-state index contributed by atoms with van der Waals surface area (Å²) in [6, 6.07) is 6.78. The normalized spacial score (nSPS) is 10.4. The molecule has 0 saturated heterocycles. The first-order valence-corrected chi connectivity index (χ1v) is 5.55. The minimum absolute atomic E-state index is 0.103. The van der Waals surface area contributed by atoms with E-state index < -0.39 is 11.5 Å². The van der Waals surface area contributed by atoms with Crippen LogP contribution in [-0.2, 0) is 4.79 Å². The molecule has 1 heterocycles. The molecule has 0 bridgehead atoms. The van der Waals surface area contributed by atoms with Gasteiger partial charge in [-0.05, 0) is 12.1 Å². The Morgan fingerprint density at radius 1 is 1.42 bits per heavy atom. The predicted molar refractivity (Wildman–Crippen MR) is 70.3 cm³/mol. The molecule has 0 aliphatic carbocycles. The summed E-state index contributed by atoms with van der Waals surface area (Å²) in [6.45, 7) is -0.103. The molecule has 2 N–H and O–H groups in total. The largest absolute Gasteiger partial charge is 0.422 e. The average Bonchev–Trinajstić information content (AvgIpc) is 2.36. The standard InChI is InChI=1S/C13H12N2O4/c1-15(6-11(14)17)12-8-4-2-3-5-10(8)19-13(18)9(12)7-16/h2-5,7H,6H2,1H3,(H2,14,17). The first-order chi connectivity index (χ1) is 9.04. The van der Waals surface area contributed by atoms with Crippen molar-refractivity contribution < 1.29 is 14.0 Å². The van der Waals surface area contributed by atoms with Crippen LogP contribution in [0.25, 0.3) is 11.0 Å². The van der Waals surface area contributed by atoms with Gasteiger partial charge in [-0.3, -0.25) is 9.59 Å². The van der Waals surface area contributed by atoms with Crippen LogP contribution in [0, 0.1) is 0 Å². The number of amides is 1. The van der Waals surface area contributed by atoms with Crippen molar-refractivity contribution in [1.29, 1.82) is 0 Å². The maximum absolute atomic E-state index is 11.7. The van der Waals surface area contributed by atoms with E-state index in [4.69, 9.17) is 10.2 Å². The van der Waals surface area contributed by atoms with Gasteiger partial charge < -0.3 is 15.1 Å². The molecule has 0 fully saturated rings. The minimum Gasteiger partial charge on any atom is -0.422 e. The van der Waals surface area contributed by atoms with Gasteiger partial charge in [0.2, 0.25) is 5.91 Å².